The standard InChI is InChI=1S/C29H23ClN2O2S/c1-2-35-26-13-6-20(7-14-26)17-29(33)32-24-12-15-27(22-8-10-23(30)11-9-22)28(18-24)34-25-5-3-4-21(16-25)19-31/h3-16,18H,2,17H2,1H3,(H,32,33). The first-order valence-electron chi connectivity index (χ1n) is 11.1. The van der Waals surface area contributed by atoms with Crippen molar-refractivity contribution in [3.8, 4) is 28.7 Å². The van der Waals surface area contributed by atoms with Crippen molar-refractivity contribution in [1.29, 1.82) is 5.26 Å². The molecule has 0 saturated carbocycles. The number of nitrogens with zero attached hydrogens (tertiary/aromatic N) is 1. The topological polar surface area (TPSA) is 62.1 Å². The maximum Gasteiger partial charge on any atom is 0.228 e. The average molecular weight is 499 g/mol. The molecule has 4 aromatic carbocycles. The molecular weight excluding hydrogens is 476 g/mol. The quantitative estimate of drug-likeness (QED) is 0.250. The fourth-order valence-corrected chi connectivity index (χ4v) is 4.36. The smallest absolute Gasteiger partial charge is 0.228 e. The third-order valence-electron chi connectivity index (χ3n) is 5.21. The average Bonchev–Trinajstić information content (AvgIpc) is 2.86. The lowest BCUT2D eigenvalue weighted by Gasteiger charge is -2.14. The maximum absolute atomic E-state index is 12.7. The second-order valence-electron chi connectivity index (χ2n) is 7.76. The molecule has 0 heterocycles. The molecule has 0 aliphatic carbocycles. The van der Waals surface area contributed by atoms with Crippen LogP contribution in [0.4, 0.5) is 5.69 Å². The molecule has 0 saturated heterocycles. The van der Waals surface area contributed by atoms with Crippen LogP contribution in [0.1, 0.15) is 18.1 Å². The molecule has 0 aliphatic rings. The van der Waals surface area contributed by atoms with Crippen LogP contribution in [0.2, 0.25) is 5.02 Å². The van der Waals surface area contributed by atoms with Gasteiger partial charge in [0, 0.05) is 27.2 Å². The lowest BCUT2D eigenvalue weighted by molar-refractivity contribution is -0.115. The normalized spacial score (nSPS) is 10.4. The predicted molar refractivity (Wildman–Crippen MR) is 143 cm³/mol. The predicted octanol–water partition coefficient (Wildman–Crippen LogP) is 7.96. The van der Waals surface area contributed by atoms with Gasteiger partial charge in [0.05, 0.1) is 18.1 Å². The summed E-state index contributed by atoms with van der Waals surface area (Å²) >= 11 is 7.84. The van der Waals surface area contributed by atoms with E-state index in [0.717, 1.165) is 22.4 Å². The summed E-state index contributed by atoms with van der Waals surface area (Å²) in [6.45, 7) is 2.11. The summed E-state index contributed by atoms with van der Waals surface area (Å²) in [5.41, 5.74) is 3.83. The summed E-state index contributed by atoms with van der Waals surface area (Å²) in [5.74, 6) is 1.99. The SMILES string of the molecule is CCSc1ccc(CC(=O)Nc2ccc(-c3ccc(Cl)cc3)c(Oc3cccc(C#N)c3)c2)cc1. The van der Waals surface area contributed by atoms with Crippen molar-refractivity contribution in [3.63, 3.8) is 0 Å². The monoisotopic (exact) mass is 498 g/mol. The van der Waals surface area contributed by atoms with Gasteiger partial charge in [0.15, 0.2) is 0 Å². The number of nitriles is 1. The number of halogens is 1. The maximum atomic E-state index is 12.7. The third kappa shape index (κ3) is 6.66. The van der Waals surface area contributed by atoms with Crippen LogP contribution in [0.3, 0.4) is 0 Å². The van der Waals surface area contributed by atoms with Gasteiger partial charge in [0.1, 0.15) is 11.5 Å². The molecule has 0 radical (unpaired) electrons. The molecule has 0 aliphatic heterocycles. The first-order chi connectivity index (χ1) is 17.0. The van der Waals surface area contributed by atoms with Crippen LogP contribution in [0.5, 0.6) is 11.5 Å². The van der Waals surface area contributed by atoms with Crippen LogP contribution in [0.25, 0.3) is 11.1 Å². The number of rotatable bonds is 8. The van der Waals surface area contributed by atoms with Crippen molar-refractivity contribution < 1.29 is 9.53 Å². The second kappa shape index (κ2) is 11.6. The Morgan fingerprint density at radius 3 is 2.49 bits per heavy atom. The van der Waals surface area contributed by atoms with Gasteiger partial charge < -0.3 is 10.1 Å². The molecular formula is C29H23ClN2O2S. The Morgan fingerprint density at radius 1 is 1.00 bits per heavy atom. The highest BCUT2D eigenvalue weighted by Gasteiger charge is 2.12. The fourth-order valence-electron chi connectivity index (χ4n) is 3.57. The summed E-state index contributed by atoms with van der Waals surface area (Å²) < 4.78 is 6.18. The highest BCUT2D eigenvalue weighted by Crippen LogP contribution is 2.36. The number of carbonyl (C=O) groups is 1. The van der Waals surface area contributed by atoms with Gasteiger partial charge in [-0.25, -0.2) is 0 Å². The van der Waals surface area contributed by atoms with Crippen molar-refractivity contribution in [1.82, 2.24) is 0 Å². The molecule has 6 heteroatoms. The molecule has 4 rings (SSSR count). The Balaban J connectivity index is 1.57. The van der Waals surface area contributed by atoms with Crippen molar-refractivity contribution in [3.05, 3.63) is 107 Å². The van der Waals surface area contributed by atoms with E-state index < -0.39 is 0 Å². The number of ether oxygens (including phenoxy) is 1. The molecule has 1 amide bonds. The minimum Gasteiger partial charge on any atom is -0.457 e. The highest BCUT2D eigenvalue weighted by molar-refractivity contribution is 7.99. The zero-order valence-electron chi connectivity index (χ0n) is 19.1. The van der Waals surface area contributed by atoms with Gasteiger partial charge in [0.2, 0.25) is 5.91 Å². The van der Waals surface area contributed by atoms with Crippen molar-refractivity contribution >= 4 is 35.0 Å². The van der Waals surface area contributed by atoms with E-state index in [1.165, 1.54) is 4.90 Å². The summed E-state index contributed by atoms with van der Waals surface area (Å²) in [5, 5.41) is 12.8. The number of hydrogen-bond acceptors (Lipinski definition) is 4. The van der Waals surface area contributed by atoms with E-state index >= 15 is 0 Å². The first-order valence-corrected chi connectivity index (χ1v) is 12.5. The minimum atomic E-state index is -0.113. The van der Waals surface area contributed by atoms with Crippen molar-refractivity contribution in [2.24, 2.45) is 0 Å². The lowest BCUT2D eigenvalue weighted by atomic mass is 10.0. The van der Waals surface area contributed by atoms with E-state index in [2.05, 4.69) is 18.3 Å². The number of thioether (sulfide) groups is 1. The van der Waals surface area contributed by atoms with E-state index in [-0.39, 0.29) is 12.3 Å². The molecule has 35 heavy (non-hydrogen) atoms. The van der Waals surface area contributed by atoms with E-state index in [1.54, 1.807) is 42.1 Å². The zero-order chi connectivity index (χ0) is 24.6. The number of benzene rings is 4. The molecule has 0 spiro atoms. The van der Waals surface area contributed by atoms with Crippen LogP contribution in [0.15, 0.2) is 95.9 Å². The number of carbonyl (C=O) groups excluding carboxylic acids is 1. The van der Waals surface area contributed by atoms with Gasteiger partial charge in [-0.1, -0.05) is 48.9 Å². The fraction of sp³-hybridized carbons (Fsp3) is 0.103. The largest absolute Gasteiger partial charge is 0.457 e. The molecule has 174 valence electrons. The van der Waals surface area contributed by atoms with Crippen molar-refractivity contribution in [2.45, 2.75) is 18.2 Å². The number of anilines is 1. The van der Waals surface area contributed by atoms with Gasteiger partial charge in [0.25, 0.3) is 0 Å². The van der Waals surface area contributed by atoms with E-state index in [9.17, 15) is 10.1 Å². The Bertz CT molecular complexity index is 1360. The second-order valence-corrected chi connectivity index (χ2v) is 9.54. The van der Waals surface area contributed by atoms with Crippen LogP contribution >= 0.6 is 23.4 Å². The van der Waals surface area contributed by atoms with Crippen LogP contribution in [-0.4, -0.2) is 11.7 Å². The Labute approximate surface area is 214 Å². The van der Waals surface area contributed by atoms with E-state index in [4.69, 9.17) is 16.3 Å². The molecule has 0 fully saturated rings. The Morgan fingerprint density at radius 2 is 1.77 bits per heavy atom. The van der Waals surface area contributed by atoms with Gasteiger partial charge in [-0.3, -0.25) is 4.79 Å². The Kier molecular flexibility index (Phi) is 8.10. The summed E-state index contributed by atoms with van der Waals surface area (Å²) in [7, 11) is 0. The summed E-state index contributed by atoms with van der Waals surface area (Å²) in [6.07, 6.45) is 0.274. The minimum absolute atomic E-state index is 0.113. The van der Waals surface area contributed by atoms with Crippen LogP contribution < -0.4 is 10.1 Å². The molecule has 0 unspecified atom stereocenters. The molecule has 4 aromatic rings. The zero-order valence-corrected chi connectivity index (χ0v) is 20.7. The number of amides is 1. The van der Waals surface area contributed by atoms with Gasteiger partial charge >= 0.3 is 0 Å². The van der Waals surface area contributed by atoms with E-state index in [1.807, 2.05) is 60.7 Å². The Hall–Kier alpha value is -3.72. The van der Waals surface area contributed by atoms with Gasteiger partial charge in [-0.05, 0) is 71.5 Å². The van der Waals surface area contributed by atoms with Gasteiger partial charge in [-0.2, -0.15) is 5.26 Å². The van der Waals surface area contributed by atoms with Crippen LogP contribution in [-0.2, 0) is 11.2 Å². The molecule has 0 aromatic heterocycles. The first kappa shape index (κ1) is 24.4. The summed E-state index contributed by atoms with van der Waals surface area (Å²) in [6, 6.07) is 30.1. The molecule has 4 nitrogen and oxygen atoms in total. The van der Waals surface area contributed by atoms with Crippen LogP contribution in [0, 0.1) is 11.3 Å². The molecule has 0 bridgehead atoms. The molecule has 0 atom stereocenters. The van der Waals surface area contributed by atoms with Crippen molar-refractivity contribution in [2.75, 3.05) is 11.1 Å². The number of nitrogens with one attached hydrogen (secondary N) is 1. The lowest BCUT2D eigenvalue weighted by Crippen LogP contribution is -2.14. The van der Waals surface area contributed by atoms with Gasteiger partial charge in [-0.15, -0.1) is 11.8 Å². The highest BCUT2D eigenvalue weighted by atomic mass is 35.5. The third-order valence-corrected chi connectivity index (χ3v) is 6.36. The summed E-state index contributed by atoms with van der Waals surface area (Å²) in [4.78, 5) is 13.9. The number of hydrogen-bond donors (Lipinski definition) is 1. The van der Waals surface area contributed by atoms with E-state index in [0.29, 0.717) is 27.8 Å². The molecule has 1 N–H and O–H groups in total.